The number of ether oxygens (including phenoxy) is 4. The van der Waals surface area contributed by atoms with Crippen LogP contribution in [0.3, 0.4) is 0 Å². The third kappa shape index (κ3) is 74.7. The zero-order valence-corrected chi connectivity index (χ0v) is 68.2. The van der Waals surface area contributed by atoms with E-state index in [1.807, 2.05) is 0 Å². The van der Waals surface area contributed by atoms with Gasteiger partial charge in [0.1, 0.15) is 19.3 Å². The van der Waals surface area contributed by atoms with Crippen LogP contribution < -0.4 is 0 Å². The van der Waals surface area contributed by atoms with Gasteiger partial charge in [-0.1, -0.05) is 376 Å². The zero-order chi connectivity index (χ0) is 74.4. The predicted octanol–water partition coefficient (Wildman–Crippen LogP) is 24.5. The van der Waals surface area contributed by atoms with Crippen LogP contribution in [0.4, 0.5) is 0 Å². The van der Waals surface area contributed by atoms with E-state index in [0.29, 0.717) is 25.7 Å². The molecule has 3 N–H and O–H groups in total. The maximum Gasteiger partial charge on any atom is 0.472 e. The van der Waals surface area contributed by atoms with Crippen LogP contribution in [-0.4, -0.2) is 96.7 Å². The van der Waals surface area contributed by atoms with E-state index in [-0.39, 0.29) is 25.7 Å². The van der Waals surface area contributed by atoms with Gasteiger partial charge in [-0.3, -0.25) is 37.3 Å². The van der Waals surface area contributed by atoms with E-state index in [9.17, 15) is 43.2 Å². The molecule has 101 heavy (non-hydrogen) atoms. The Labute approximate surface area is 619 Å². The molecule has 6 atom stereocenters. The van der Waals surface area contributed by atoms with Crippen molar-refractivity contribution in [2.75, 3.05) is 39.6 Å². The molecule has 0 fully saturated rings. The summed E-state index contributed by atoms with van der Waals surface area (Å²) in [6.07, 6.45) is 61.2. The monoisotopic (exact) mass is 1480 g/mol. The van der Waals surface area contributed by atoms with Gasteiger partial charge in [0.15, 0.2) is 12.2 Å². The third-order valence-corrected chi connectivity index (χ3v) is 21.4. The van der Waals surface area contributed by atoms with Gasteiger partial charge in [0.2, 0.25) is 0 Å². The van der Waals surface area contributed by atoms with E-state index in [1.54, 1.807) is 0 Å². The molecule has 0 aliphatic carbocycles. The van der Waals surface area contributed by atoms with Crippen LogP contribution in [-0.2, 0) is 65.4 Å². The summed E-state index contributed by atoms with van der Waals surface area (Å²) in [5.74, 6) is 0.161. The Morgan fingerprint density at radius 1 is 0.287 bits per heavy atom. The third-order valence-electron chi connectivity index (χ3n) is 19.5. The standard InChI is InChI=1S/C82H160O17P2/c1-8-10-11-12-13-14-15-16-17-18-19-20-21-22-23-24-27-31-37-42-51-58-65-81(86)98-77(69-92-79(84)63-56-49-41-36-30-28-25-26-29-34-39-46-53-60-73(3)4)71-96-100(88,89)94-67-76(83)68-95-101(90,91)97-72-78(70-93-80(85)64-57-50-45-44-48-55-62-75(7)9-2)99-82(87)66-59-52-43-38-33-32-35-40-47-54-61-74(5)6/h73-78,83H,8-72H2,1-7H3,(H,88,89)(H,90,91)/t75?,76-,77-,78-/m1/s1. The molecule has 19 heteroatoms. The minimum atomic E-state index is -4.96. The van der Waals surface area contributed by atoms with Crippen molar-refractivity contribution in [1.29, 1.82) is 0 Å². The number of carbonyl (C=O) groups is 4. The molecule has 0 aliphatic rings. The number of phosphoric ester groups is 2. The number of esters is 4. The number of aliphatic hydroxyl groups is 1. The summed E-state index contributed by atoms with van der Waals surface area (Å²) >= 11 is 0. The van der Waals surface area contributed by atoms with Crippen LogP contribution >= 0.6 is 15.6 Å². The lowest BCUT2D eigenvalue weighted by molar-refractivity contribution is -0.161. The molecular formula is C82H160O17P2. The van der Waals surface area contributed by atoms with Crippen molar-refractivity contribution in [3.63, 3.8) is 0 Å². The largest absolute Gasteiger partial charge is 0.472 e. The van der Waals surface area contributed by atoms with Gasteiger partial charge in [-0.05, 0) is 43.4 Å². The van der Waals surface area contributed by atoms with Crippen molar-refractivity contribution < 1.29 is 80.2 Å². The molecule has 0 radical (unpaired) electrons. The lowest BCUT2D eigenvalue weighted by atomic mass is 10.00. The normalized spacial score (nSPS) is 14.2. The number of hydrogen-bond acceptors (Lipinski definition) is 15. The first-order valence-electron chi connectivity index (χ1n) is 42.4. The molecule has 0 heterocycles. The molecule has 3 unspecified atom stereocenters. The van der Waals surface area contributed by atoms with E-state index in [0.717, 1.165) is 114 Å². The molecular weight excluding hydrogens is 1320 g/mol. The van der Waals surface area contributed by atoms with Crippen LogP contribution in [0.1, 0.15) is 427 Å². The van der Waals surface area contributed by atoms with E-state index in [1.165, 1.54) is 231 Å². The van der Waals surface area contributed by atoms with Crippen molar-refractivity contribution in [2.24, 2.45) is 17.8 Å². The average Bonchev–Trinajstić information content (AvgIpc) is 0.920. The van der Waals surface area contributed by atoms with Gasteiger partial charge in [-0.15, -0.1) is 0 Å². The topological polar surface area (TPSA) is 237 Å². The summed E-state index contributed by atoms with van der Waals surface area (Å²) < 4.78 is 68.7. The number of aliphatic hydroxyl groups excluding tert-OH is 1. The second-order valence-electron chi connectivity index (χ2n) is 30.7. The summed E-state index contributed by atoms with van der Waals surface area (Å²) in [4.78, 5) is 73.0. The van der Waals surface area contributed by atoms with Crippen LogP contribution in [0.15, 0.2) is 0 Å². The molecule has 17 nitrogen and oxygen atoms in total. The molecule has 0 spiro atoms. The minimum Gasteiger partial charge on any atom is -0.462 e. The van der Waals surface area contributed by atoms with Crippen LogP contribution in [0, 0.1) is 17.8 Å². The molecule has 0 aromatic rings. The fraction of sp³-hybridized carbons (Fsp3) is 0.951. The number of hydrogen-bond donors (Lipinski definition) is 3. The summed E-state index contributed by atoms with van der Waals surface area (Å²) in [5, 5.41) is 10.6. The van der Waals surface area contributed by atoms with Crippen molar-refractivity contribution in [1.82, 2.24) is 0 Å². The van der Waals surface area contributed by atoms with Gasteiger partial charge in [-0.25, -0.2) is 9.13 Å². The molecule has 0 saturated carbocycles. The Bertz CT molecular complexity index is 1960. The smallest absolute Gasteiger partial charge is 0.462 e. The van der Waals surface area contributed by atoms with Crippen molar-refractivity contribution in [3.05, 3.63) is 0 Å². The Morgan fingerprint density at radius 3 is 0.752 bits per heavy atom. The van der Waals surface area contributed by atoms with Gasteiger partial charge >= 0.3 is 39.5 Å². The van der Waals surface area contributed by atoms with Gasteiger partial charge in [0.05, 0.1) is 26.4 Å². The number of unbranched alkanes of at least 4 members (excludes halogenated alkanes) is 47. The lowest BCUT2D eigenvalue weighted by Gasteiger charge is -2.21. The highest BCUT2D eigenvalue weighted by Gasteiger charge is 2.30. The quantitative estimate of drug-likeness (QED) is 0.0222. The zero-order valence-electron chi connectivity index (χ0n) is 66.4. The maximum atomic E-state index is 13.1. The summed E-state index contributed by atoms with van der Waals surface area (Å²) in [6.45, 7) is 11.9. The van der Waals surface area contributed by atoms with Gasteiger partial charge < -0.3 is 33.8 Å². The first kappa shape index (κ1) is 99.1. The molecule has 0 saturated heterocycles. The lowest BCUT2D eigenvalue weighted by Crippen LogP contribution is -2.30. The molecule has 0 bridgehead atoms. The van der Waals surface area contributed by atoms with Crippen molar-refractivity contribution in [3.8, 4) is 0 Å². The molecule has 0 rings (SSSR count). The van der Waals surface area contributed by atoms with Crippen molar-refractivity contribution >= 4 is 39.5 Å². The highest BCUT2D eigenvalue weighted by Crippen LogP contribution is 2.45. The first-order valence-corrected chi connectivity index (χ1v) is 45.4. The summed E-state index contributed by atoms with van der Waals surface area (Å²) in [6, 6.07) is 0. The second kappa shape index (κ2) is 72.3. The van der Waals surface area contributed by atoms with Gasteiger partial charge in [0.25, 0.3) is 0 Å². The van der Waals surface area contributed by atoms with Gasteiger partial charge in [0, 0.05) is 25.7 Å². The van der Waals surface area contributed by atoms with E-state index in [2.05, 4.69) is 48.5 Å². The first-order chi connectivity index (χ1) is 48.8. The molecule has 0 amide bonds. The Morgan fingerprint density at radius 2 is 0.505 bits per heavy atom. The summed E-state index contributed by atoms with van der Waals surface area (Å²) in [5.41, 5.74) is 0. The molecule has 0 aromatic heterocycles. The van der Waals surface area contributed by atoms with E-state index >= 15 is 0 Å². The van der Waals surface area contributed by atoms with Crippen LogP contribution in [0.25, 0.3) is 0 Å². The van der Waals surface area contributed by atoms with Crippen molar-refractivity contribution in [2.45, 2.75) is 446 Å². The number of carbonyl (C=O) groups excluding carboxylic acids is 4. The molecule has 0 aromatic carbocycles. The Balaban J connectivity index is 5.22. The minimum absolute atomic E-state index is 0.105. The second-order valence-corrected chi connectivity index (χ2v) is 33.6. The molecule has 600 valence electrons. The highest BCUT2D eigenvalue weighted by atomic mass is 31.2. The van der Waals surface area contributed by atoms with E-state index in [4.69, 9.17) is 37.0 Å². The number of rotatable bonds is 80. The van der Waals surface area contributed by atoms with Crippen LogP contribution in [0.5, 0.6) is 0 Å². The predicted molar refractivity (Wildman–Crippen MR) is 414 cm³/mol. The summed E-state index contributed by atoms with van der Waals surface area (Å²) in [7, 11) is -9.92. The Hall–Kier alpha value is -1.94. The van der Waals surface area contributed by atoms with E-state index < -0.39 is 97.5 Å². The number of phosphoric acid groups is 2. The average molecular weight is 1480 g/mol. The fourth-order valence-electron chi connectivity index (χ4n) is 12.6. The van der Waals surface area contributed by atoms with Gasteiger partial charge in [-0.2, -0.15) is 0 Å². The van der Waals surface area contributed by atoms with Crippen LogP contribution in [0.2, 0.25) is 0 Å². The fourth-order valence-corrected chi connectivity index (χ4v) is 14.2. The maximum absolute atomic E-state index is 13.1. The highest BCUT2D eigenvalue weighted by molar-refractivity contribution is 7.47. The SMILES string of the molecule is CCCCCCCCCCCCCCCCCCCCCCCCC(=O)O[C@H](COC(=O)CCCCCCCCCCCCCCCC(C)C)COP(=O)(O)OC[C@@H](O)COP(=O)(O)OC[C@@H](COC(=O)CCCCCCCCC(C)CC)OC(=O)CCCCCCCCCCCCC(C)C. The molecule has 0 aliphatic heterocycles. The Kier molecular flexibility index (Phi) is 70.9.